The van der Waals surface area contributed by atoms with Gasteiger partial charge in [0.1, 0.15) is 5.69 Å². The molecule has 1 heterocycles. The van der Waals surface area contributed by atoms with Gasteiger partial charge in [0.25, 0.3) is 11.6 Å². The number of nitrogens with zero attached hydrogens (tertiary/aromatic N) is 1. The van der Waals surface area contributed by atoms with Crippen molar-refractivity contribution in [2.75, 3.05) is 12.3 Å². The Balaban J connectivity index is 2.19. The first-order valence-electron chi connectivity index (χ1n) is 5.96. The van der Waals surface area contributed by atoms with Crippen molar-refractivity contribution in [2.24, 2.45) is 0 Å². The molecule has 102 valence electrons. The molecule has 3 N–H and O–H groups in total. The van der Waals surface area contributed by atoms with Gasteiger partial charge in [-0.2, -0.15) is 0 Å². The molecule has 2 atom stereocenters. The molecule has 2 unspecified atom stereocenters. The molecule has 1 aromatic carbocycles. The number of carbonyl (C=O) groups excluding carboxylic acids is 1. The zero-order chi connectivity index (χ0) is 14.0. The molecule has 0 aromatic heterocycles. The van der Waals surface area contributed by atoms with E-state index in [1.165, 1.54) is 18.2 Å². The number of benzene rings is 1. The van der Waals surface area contributed by atoms with Gasteiger partial charge >= 0.3 is 0 Å². The molecule has 2 rings (SSSR count). The van der Waals surface area contributed by atoms with Crippen molar-refractivity contribution >= 4 is 17.3 Å². The molecule has 7 heteroatoms. The van der Waals surface area contributed by atoms with E-state index in [0.717, 1.165) is 6.42 Å². The van der Waals surface area contributed by atoms with Crippen LogP contribution in [0.25, 0.3) is 0 Å². The lowest BCUT2D eigenvalue weighted by molar-refractivity contribution is -0.383. The van der Waals surface area contributed by atoms with Crippen LogP contribution in [0.2, 0.25) is 0 Å². The third kappa shape index (κ3) is 2.65. The van der Waals surface area contributed by atoms with E-state index in [9.17, 15) is 14.9 Å². The molecule has 0 bridgehead atoms. The van der Waals surface area contributed by atoms with Crippen LogP contribution >= 0.6 is 0 Å². The zero-order valence-electron chi connectivity index (χ0n) is 10.5. The van der Waals surface area contributed by atoms with Gasteiger partial charge in [0.15, 0.2) is 0 Å². The Kier molecular flexibility index (Phi) is 3.66. The molecule has 1 amide bonds. The van der Waals surface area contributed by atoms with Crippen molar-refractivity contribution < 1.29 is 14.5 Å². The van der Waals surface area contributed by atoms with Gasteiger partial charge in [-0.05, 0) is 19.4 Å². The zero-order valence-corrected chi connectivity index (χ0v) is 10.5. The maximum absolute atomic E-state index is 12.1. The van der Waals surface area contributed by atoms with Gasteiger partial charge < -0.3 is 15.8 Å². The van der Waals surface area contributed by atoms with Gasteiger partial charge in [-0.1, -0.05) is 6.07 Å². The van der Waals surface area contributed by atoms with Crippen molar-refractivity contribution in [1.82, 2.24) is 5.32 Å². The predicted octanol–water partition coefficient (Wildman–Crippen LogP) is 1.08. The van der Waals surface area contributed by atoms with E-state index in [2.05, 4.69) is 5.32 Å². The number of nitrogen functional groups attached to an aromatic ring is 1. The maximum Gasteiger partial charge on any atom is 0.292 e. The summed E-state index contributed by atoms with van der Waals surface area (Å²) >= 11 is 0. The normalized spacial score (nSPS) is 22.2. The van der Waals surface area contributed by atoms with Gasteiger partial charge in [0.05, 0.1) is 22.6 Å². The lowest BCUT2D eigenvalue weighted by Gasteiger charge is -2.16. The third-order valence-electron chi connectivity index (χ3n) is 3.22. The van der Waals surface area contributed by atoms with Crippen LogP contribution < -0.4 is 11.1 Å². The number of hydrogen-bond acceptors (Lipinski definition) is 5. The number of ether oxygens (including phenoxy) is 1. The van der Waals surface area contributed by atoms with Crippen LogP contribution in [0.3, 0.4) is 0 Å². The van der Waals surface area contributed by atoms with Gasteiger partial charge in [-0.15, -0.1) is 0 Å². The van der Waals surface area contributed by atoms with Gasteiger partial charge in [-0.3, -0.25) is 14.9 Å². The van der Waals surface area contributed by atoms with Gasteiger partial charge in [0.2, 0.25) is 0 Å². The summed E-state index contributed by atoms with van der Waals surface area (Å²) < 4.78 is 5.34. The van der Waals surface area contributed by atoms with E-state index < -0.39 is 10.8 Å². The summed E-state index contributed by atoms with van der Waals surface area (Å²) in [4.78, 5) is 22.2. The Hall–Kier alpha value is -2.15. The minimum atomic E-state index is -0.604. The van der Waals surface area contributed by atoms with Crippen LogP contribution in [0, 0.1) is 10.1 Å². The Bertz CT molecular complexity index is 518. The standard InChI is InChI=1S/C12H15N3O4/c1-7-9(5-6-19-7)14-12(16)8-3-2-4-10(11(8)13)15(17)18/h2-4,7,9H,5-6,13H2,1H3,(H,14,16). The van der Waals surface area contributed by atoms with E-state index in [1.807, 2.05) is 6.92 Å². The van der Waals surface area contributed by atoms with E-state index in [0.29, 0.717) is 6.61 Å². The summed E-state index contributed by atoms with van der Waals surface area (Å²) in [5.74, 6) is -0.413. The van der Waals surface area contributed by atoms with Crippen molar-refractivity contribution in [3.63, 3.8) is 0 Å². The van der Waals surface area contributed by atoms with Crippen molar-refractivity contribution in [3.8, 4) is 0 Å². The summed E-state index contributed by atoms with van der Waals surface area (Å²) in [5.41, 5.74) is 5.40. The monoisotopic (exact) mass is 265 g/mol. The van der Waals surface area contributed by atoms with Crippen LogP contribution in [0.15, 0.2) is 18.2 Å². The molecule has 1 aliphatic heterocycles. The molecule has 0 radical (unpaired) electrons. The Morgan fingerprint density at radius 3 is 2.89 bits per heavy atom. The molecule has 0 saturated carbocycles. The smallest absolute Gasteiger partial charge is 0.292 e. The number of carbonyl (C=O) groups is 1. The fourth-order valence-electron chi connectivity index (χ4n) is 2.08. The highest BCUT2D eigenvalue weighted by Crippen LogP contribution is 2.25. The summed E-state index contributed by atoms with van der Waals surface area (Å²) in [6.07, 6.45) is 0.658. The largest absolute Gasteiger partial charge is 0.393 e. The second kappa shape index (κ2) is 5.23. The number of rotatable bonds is 3. The lowest BCUT2D eigenvalue weighted by Crippen LogP contribution is -2.39. The molecule has 0 spiro atoms. The summed E-state index contributed by atoms with van der Waals surface area (Å²) in [5, 5.41) is 13.6. The lowest BCUT2D eigenvalue weighted by atomic mass is 10.1. The summed E-state index contributed by atoms with van der Waals surface area (Å²) in [6.45, 7) is 2.46. The number of hydrogen-bond donors (Lipinski definition) is 2. The van der Waals surface area contributed by atoms with Crippen LogP contribution in [0.4, 0.5) is 11.4 Å². The highest BCUT2D eigenvalue weighted by Gasteiger charge is 2.27. The first kappa shape index (κ1) is 13.3. The Morgan fingerprint density at radius 2 is 2.32 bits per heavy atom. The highest BCUT2D eigenvalue weighted by atomic mass is 16.6. The maximum atomic E-state index is 12.1. The SMILES string of the molecule is CC1OCCC1NC(=O)c1cccc([N+](=O)[O-])c1N. The molecule has 1 saturated heterocycles. The number of amides is 1. The van der Waals surface area contributed by atoms with Gasteiger partial charge in [-0.25, -0.2) is 0 Å². The third-order valence-corrected chi connectivity index (χ3v) is 3.22. The Morgan fingerprint density at radius 1 is 1.58 bits per heavy atom. The molecular formula is C12H15N3O4. The molecule has 1 fully saturated rings. The minimum absolute atomic E-state index is 0.0659. The van der Waals surface area contributed by atoms with Crippen LogP contribution in [0.1, 0.15) is 23.7 Å². The average molecular weight is 265 g/mol. The van der Waals surface area contributed by atoms with Crippen molar-refractivity contribution in [3.05, 3.63) is 33.9 Å². The number of nitrogens with one attached hydrogen (secondary N) is 1. The molecule has 1 aromatic rings. The first-order valence-corrected chi connectivity index (χ1v) is 5.96. The van der Waals surface area contributed by atoms with Crippen molar-refractivity contribution in [1.29, 1.82) is 0 Å². The van der Waals surface area contributed by atoms with Crippen molar-refractivity contribution in [2.45, 2.75) is 25.5 Å². The van der Waals surface area contributed by atoms with Crippen LogP contribution in [-0.2, 0) is 4.74 Å². The topological polar surface area (TPSA) is 107 Å². The van der Waals surface area contributed by atoms with Crippen LogP contribution in [0.5, 0.6) is 0 Å². The second-order valence-corrected chi connectivity index (χ2v) is 4.44. The molecular weight excluding hydrogens is 250 g/mol. The number of anilines is 1. The number of para-hydroxylation sites is 1. The van der Waals surface area contributed by atoms with Crippen LogP contribution in [-0.4, -0.2) is 29.6 Å². The second-order valence-electron chi connectivity index (χ2n) is 4.44. The van der Waals surface area contributed by atoms with Gasteiger partial charge in [0, 0.05) is 12.7 Å². The fourth-order valence-corrected chi connectivity index (χ4v) is 2.08. The first-order chi connectivity index (χ1) is 9.00. The minimum Gasteiger partial charge on any atom is -0.393 e. The summed E-state index contributed by atoms with van der Waals surface area (Å²) in [7, 11) is 0. The molecule has 1 aliphatic rings. The average Bonchev–Trinajstić information content (AvgIpc) is 2.74. The van der Waals surface area contributed by atoms with E-state index >= 15 is 0 Å². The highest BCUT2D eigenvalue weighted by molar-refractivity contribution is 6.01. The predicted molar refractivity (Wildman–Crippen MR) is 68.8 cm³/mol. The Labute approximate surface area is 109 Å². The summed E-state index contributed by atoms with van der Waals surface area (Å²) in [6, 6.07) is 4.09. The quantitative estimate of drug-likeness (QED) is 0.483. The number of nitrogens with two attached hydrogens (primary N) is 1. The molecule has 0 aliphatic carbocycles. The number of nitro groups is 1. The van der Waals surface area contributed by atoms with E-state index in [4.69, 9.17) is 10.5 Å². The fraction of sp³-hybridized carbons (Fsp3) is 0.417. The molecule has 19 heavy (non-hydrogen) atoms. The molecule has 7 nitrogen and oxygen atoms in total. The van der Waals surface area contributed by atoms with E-state index in [-0.39, 0.29) is 29.1 Å². The van der Waals surface area contributed by atoms with E-state index in [1.54, 1.807) is 0 Å². The number of nitro benzene ring substituents is 1.